The van der Waals surface area contributed by atoms with Crippen molar-refractivity contribution < 1.29 is 27.2 Å². The Hall–Kier alpha value is -3.31. The number of anilines is 1. The van der Waals surface area contributed by atoms with Gasteiger partial charge in [-0.3, -0.25) is 23.9 Å². The predicted molar refractivity (Wildman–Crippen MR) is 109 cm³/mol. The number of halogens is 3. The van der Waals surface area contributed by atoms with Gasteiger partial charge in [-0.25, -0.2) is 4.79 Å². The van der Waals surface area contributed by atoms with Crippen molar-refractivity contribution in [1.29, 1.82) is 0 Å². The Bertz CT molecular complexity index is 1160. The summed E-state index contributed by atoms with van der Waals surface area (Å²) < 4.78 is 49.0. The maximum atomic E-state index is 14.4. The number of H-pyrrole nitrogens is 1. The number of hydrogen-bond acceptors (Lipinski definition) is 5. The Labute approximate surface area is 185 Å². The lowest BCUT2D eigenvalue weighted by Gasteiger charge is -2.30. The monoisotopic (exact) mass is 468 g/mol. The Balaban J connectivity index is 1.71. The first kappa shape index (κ1) is 22.9. The number of nitrogens with zero attached hydrogens (tertiary/aromatic N) is 1. The molecule has 1 atom stereocenters. The number of aromatic nitrogens is 2. The number of nitrogens with one attached hydrogen (secondary N) is 3. The van der Waals surface area contributed by atoms with Crippen LogP contribution >= 0.6 is 0 Å². The fourth-order valence-electron chi connectivity index (χ4n) is 4.62. The average molecular weight is 468 g/mol. The molecule has 1 fully saturated rings. The van der Waals surface area contributed by atoms with E-state index in [-0.39, 0.29) is 24.6 Å². The fourth-order valence-corrected chi connectivity index (χ4v) is 4.62. The van der Waals surface area contributed by atoms with Crippen LogP contribution < -0.4 is 21.9 Å². The number of carbonyl (C=O) groups is 2. The van der Waals surface area contributed by atoms with Crippen LogP contribution in [0, 0.1) is 5.92 Å². The van der Waals surface area contributed by atoms with Crippen molar-refractivity contribution in [2.75, 3.05) is 5.32 Å². The number of carbonyl (C=O) groups excluding carboxylic acids is 2. The Morgan fingerprint density at radius 3 is 2.58 bits per heavy atom. The summed E-state index contributed by atoms with van der Waals surface area (Å²) in [5, 5.41) is 3.79. The highest BCUT2D eigenvalue weighted by Gasteiger charge is 2.68. The molecule has 12 heteroatoms. The van der Waals surface area contributed by atoms with Gasteiger partial charge in [-0.2, -0.15) is 13.2 Å². The number of aromatic amines is 1. The van der Waals surface area contributed by atoms with Crippen LogP contribution in [0.25, 0.3) is 0 Å². The average Bonchev–Trinajstić information content (AvgIpc) is 3.37. The minimum atomic E-state index is -5.34. The molecule has 1 aliphatic heterocycles. The molecule has 0 aromatic carbocycles. The lowest BCUT2D eigenvalue weighted by molar-refractivity contribution is -0.200. The summed E-state index contributed by atoms with van der Waals surface area (Å²) in [6, 6.07) is 2.99. The van der Waals surface area contributed by atoms with E-state index in [1.54, 1.807) is 5.32 Å². The highest BCUT2D eigenvalue weighted by molar-refractivity contribution is 6.07. The smallest absolute Gasteiger partial charge is 0.425 e. The lowest BCUT2D eigenvalue weighted by Crippen LogP contribution is -2.62. The summed E-state index contributed by atoms with van der Waals surface area (Å²) in [5.74, 6) is -2.83. The van der Waals surface area contributed by atoms with Crippen molar-refractivity contribution in [3.8, 4) is 0 Å². The molecule has 1 aliphatic carbocycles. The van der Waals surface area contributed by atoms with Gasteiger partial charge >= 0.3 is 11.9 Å². The SMILES string of the molecule is O=C(CCC1CCCCC1)NC1(C(F)(F)F)C(=O)Nc2c1c(=O)[nH]c(=O)n2Cc1ccco1. The zero-order valence-corrected chi connectivity index (χ0v) is 17.6. The molecule has 0 radical (unpaired) electrons. The van der Waals surface area contributed by atoms with E-state index in [0.717, 1.165) is 36.7 Å². The molecule has 2 aromatic rings. The molecule has 1 unspecified atom stereocenters. The summed E-state index contributed by atoms with van der Waals surface area (Å²) in [5.41, 5.74) is -7.12. The molecule has 9 nitrogen and oxygen atoms in total. The van der Waals surface area contributed by atoms with Crippen molar-refractivity contribution in [1.82, 2.24) is 14.9 Å². The second kappa shape index (κ2) is 8.56. The molecule has 2 aromatic heterocycles. The maximum absolute atomic E-state index is 14.4. The quantitative estimate of drug-likeness (QED) is 0.600. The van der Waals surface area contributed by atoms with Crippen LogP contribution in [-0.2, 0) is 21.7 Å². The van der Waals surface area contributed by atoms with E-state index in [4.69, 9.17) is 4.42 Å². The third-order valence-electron chi connectivity index (χ3n) is 6.30. The van der Waals surface area contributed by atoms with E-state index in [1.807, 2.05) is 10.3 Å². The van der Waals surface area contributed by atoms with E-state index in [0.29, 0.717) is 6.42 Å². The molecule has 4 rings (SSSR count). The molecule has 178 valence electrons. The molecule has 2 aliphatic rings. The fraction of sp³-hybridized carbons (Fsp3) is 0.524. The number of alkyl halides is 3. The largest absolute Gasteiger partial charge is 0.467 e. The number of fused-ring (bicyclic) bond motifs is 1. The zero-order valence-electron chi connectivity index (χ0n) is 17.6. The minimum Gasteiger partial charge on any atom is -0.467 e. The molecule has 1 saturated carbocycles. The Morgan fingerprint density at radius 2 is 1.94 bits per heavy atom. The highest BCUT2D eigenvalue weighted by Crippen LogP contribution is 2.45. The first-order valence-corrected chi connectivity index (χ1v) is 10.7. The highest BCUT2D eigenvalue weighted by atomic mass is 19.4. The molecular weight excluding hydrogens is 445 g/mol. The predicted octanol–water partition coefficient (Wildman–Crippen LogP) is 2.36. The van der Waals surface area contributed by atoms with Gasteiger partial charge in [0.25, 0.3) is 11.5 Å². The van der Waals surface area contributed by atoms with Gasteiger partial charge in [-0.05, 0) is 24.5 Å². The van der Waals surface area contributed by atoms with Crippen molar-refractivity contribution in [3.63, 3.8) is 0 Å². The number of furan rings is 1. The summed E-state index contributed by atoms with van der Waals surface area (Å²) in [4.78, 5) is 52.0. The van der Waals surface area contributed by atoms with Crippen LogP contribution in [0.15, 0.2) is 32.4 Å². The molecule has 2 amide bonds. The number of hydrogen-bond donors (Lipinski definition) is 3. The van der Waals surface area contributed by atoms with E-state index in [1.165, 1.54) is 18.4 Å². The van der Waals surface area contributed by atoms with Crippen molar-refractivity contribution in [2.45, 2.75) is 63.2 Å². The first-order valence-electron chi connectivity index (χ1n) is 10.7. The number of amides is 2. The standard InChI is InChI=1S/C21H23F3N4O5/c22-21(23,24)20(27-14(29)9-8-12-5-2-1-3-6-12)15-16(25-18(20)31)28(19(32)26-17(15)30)11-13-7-4-10-33-13/h4,7,10,12H,1-3,5-6,8-9,11H2,(H,25,31)(H,27,29)(H,26,30,32). The van der Waals surface area contributed by atoms with Gasteiger partial charge < -0.3 is 15.1 Å². The van der Waals surface area contributed by atoms with Gasteiger partial charge in [0, 0.05) is 6.42 Å². The second-order valence-corrected chi connectivity index (χ2v) is 8.44. The van der Waals surface area contributed by atoms with Crippen molar-refractivity contribution in [2.24, 2.45) is 5.92 Å². The van der Waals surface area contributed by atoms with Crippen LogP contribution in [-0.4, -0.2) is 27.5 Å². The van der Waals surface area contributed by atoms with E-state index in [2.05, 4.69) is 0 Å². The summed E-state index contributed by atoms with van der Waals surface area (Å²) in [6.07, 6.45) is 1.06. The first-order chi connectivity index (χ1) is 15.6. The summed E-state index contributed by atoms with van der Waals surface area (Å²) in [7, 11) is 0. The van der Waals surface area contributed by atoms with E-state index >= 15 is 0 Å². The third kappa shape index (κ3) is 4.09. The topological polar surface area (TPSA) is 126 Å². The summed E-state index contributed by atoms with van der Waals surface area (Å²) >= 11 is 0. The van der Waals surface area contributed by atoms with Gasteiger partial charge in [0.1, 0.15) is 17.1 Å². The molecule has 0 spiro atoms. The molecule has 0 saturated heterocycles. The molecule has 0 bridgehead atoms. The van der Waals surface area contributed by atoms with Gasteiger partial charge in [-0.1, -0.05) is 32.1 Å². The van der Waals surface area contributed by atoms with Crippen LogP contribution in [0.4, 0.5) is 19.0 Å². The lowest BCUT2D eigenvalue weighted by atomic mass is 9.85. The van der Waals surface area contributed by atoms with Gasteiger partial charge in [0.2, 0.25) is 11.4 Å². The molecule has 3 N–H and O–H groups in total. The normalized spacial score (nSPS) is 21.0. The molecule has 3 heterocycles. The van der Waals surface area contributed by atoms with Crippen LogP contribution in [0.3, 0.4) is 0 Å². The van der Waals surface area contributed by atoms with Gasteiger partial charge in [0.15, 0.2) is 0 Å². The van der Waals surface area contributed by atoms with Gasteiger partial charge in [-0.15, -0.1) is 0 Å². The van der Waals surface area contributed by atoms with Crippen LogP contribution in [0.1, 0.15) is 56.3 Å². The van der Waals surface area contributed by atoms with Crippen molar-refractivity contribution in [3.05, 3.63) is 50.6 Å². The summed E-state index contributed by atoms with van der Waals surface area (Å²) in [6.45, 7) is -0.339. The van der Waals surface area contributed by atoms with Crippen LogP contribution in [0.5, 0.6) is 0 Å². The van der Waals surface area contributed by atoms with Crippen LogP contribution in [0.2, 0.25) is 0 Å². The number of rotatable bonds is 6. The van der Waals surface area contributed by atoms with Crippen molar-refractivity contribution >= 4 is 17.6 Å². The zero-order chi connectivity index (χ0) is 23.8. The molecular formula is C21H23F3N4O5. The third-order valence-corrected chi connectivity index (χ3v) is 6.30. The minimum absolute atomic E-state index is 0.210. The molecule has 33 heavy (non-hydrogen) atoms. The van der Waals surface area contributed by atoms with E-state index in [9.17, 15) is 32.3 Å². The van der Waals surface area contributed by atoms with Gasteiger partial charge in [0.05, 0.1) is 12.8 Å². The Kier molecular flexibility index (Phi) is 5.93. The second-order valence-electron chi connectivity index (χ2n) is 8.44. The maximum Gasteiger partial charge on any atom is 0.425 e. The van der Waals surface area contributed by atoms with E-state index < -0.39 is 46.2 Å². The Morgan fingerprint density at radius 1 is 1.21 bits per heavy atom.